The number of nitrogens with zero attached hydrogens (tertiary/aromatic N) is 9. The fourth-order valence-corrected chi connectivity index (χ4v) is 8.55. The first kappa shape index (κ1) is 45.8. The number of anilines is 2. The van der Waals surface area contributed by atoms with Gasteiger partial charge in [-0.3, -0.25) is 34.0 Å². The summed E-state index contributed by atoms with van der Waals surface area (Å²) in [4.78, 5) is 52.4. The number of imidazole rings is 2. The minimum Gasteiger partial charge on any atom is -0.491 e. The van der Waals surface area contributed by atoms with Crippen molar-refractivity contribution in [1.82, 2.24) is 48.9 Å². The third kappa shape index (κ3) is 9.61. The van der Waals surface area contributed by atoms with Crippen LogP contribution in [0.15, 0.2) is 48.6 Å². The molecule has 6 N–H and O–H groups in total. The largest absolute Gasteiger partial charge is 0.491 e. The van der Waals surface area contributed by atoms with Crippen LogP contribution in [-0.2, 0) is 30.9 Å². The summed E-state index contributed by atoms with van der Waals surface area (Å²) < 4.78 is 25.6. The van der Waals surface area contributed by atoms with E-state index < -0.39 is 18.0 Å². The molecule has 0 spiro atoms. The lowest BCUT2D eigenvalue weighted by molar-refractivity contribution is -0.0510. The van der Waals surface area contributed by atoms with Crippen LogP contribution < -0.4 is 31.2 Å². The van der Waals surface area contributed by atoms with Crippen molar-refractivity contribution in [2.75, 3.05) is 56.7 Å². The highest BCUT2D eigenvalue weighted by atomic mass is 16.5. The second kappa shape index (κ2) is 19.4. The molecular weight excluding hydrogens is 847 g/mol. The van der Waals surface area contributed by atoms with Crippen molar-refractivity contribution >= 4 is 51.7 Å². The lowest BCUT2D eigenvalue weighted by Crippen LogP contribution is -2.53. The van der Waals surface area contributed by atoms with Gasteiger partial charge in [0.1, 0.15) is 28.2 Å². The second-order valence-electron chi connectivity index (χ2n) is 17.1. The Labute approximate surface area is 382 Å². The van der Waals surface area contributed by atoms with Crippen LogP contribution in [0.3, 0.4) is 0 Å². The average molecular weight is 906 g/mol. The SMILES string of the molecule is CCn1nc(C)cc1C(=O)Nc1nc2cc(C(=O)NCCCN3CCOCC3(C)C)cc3c2n1C/C=C/Cn1c(NC(O)c2cc(C)nn2CC)nc2cc(C(N)=O)cc(c21)OCCCO3. The number of ether oxygens (including phenoxy) is 3. The molecule has 0 bridgehead atoms. The van der Waals surface area contributed by atoms with E-state index in [1.165, 1.54) is 0 Å². The van der Waals surface area contributed by atoms with Gasteiger partial charge in [-0.1, -0.05) is 12.2 Å². The van der Waals surface area contributed by atoms with E-state index in [2.05, 4.69) is 44.9 Å². The second-order valence-corrected chi connectivity index (χ2v) is 17.1. The number of allylic oxidation sites excluding steroid dienone is 2. The number of hydrogen-bond acceptors (Lipinski definition) is 13. The number of rotatable bonds is 13. The van der Waals surface area contributed by atoms with Gasteiger partial charge in [-0.15, -0.1) is 0 Å². The summed E-state index contributed by atoms with van der Waals surface area (Å²) in [7, 11) is 0. The van der Waals surface area contributed by atoms with E-state index in [0.717, 1.165) is 25.2 Å². The zero-order valence-electron chi connectivity index (χ0n) is 38.4. The van der Waals surface area contributed by atoms with Crippen molar-refractivity contribution in [3.63, 3.8) is 0 Å². The van der Waals surface area contributed by atoms with E-state index in [1.54, 1.807) is 45.8 Å². The Morgan fingerprint density at radius 2 is 1.44 bits per heavy atom. The van der Waals surface area contributed by atoms with E-state index in [1.807, 2.05) is 49.0 Å². The number of aliphatic hydroxyl groups is 1. The Hall–Kier alpha value is -6.77. The van der Waals surface area contributed by atoms with E-state index in [9.17, 15) is 19.5 Å². The van der Waals surface area contributed by atoms with Crippen LogP contribution in [0.5, 0.6) is 11.5 Å². The highest BCUT2D eigenvalue weighted by Gasteiger charge is 2.30. The Morgan fingerprint density at radius 3 is 2.11 bits per heavy atom. The predicted molar refractivity (Wildman–Crippen MR) is 248 cm³/mol. The van der Waals surface area contributed by atoms with Crippen molar-refractivity contribution in [2.24, 2.45) is 5.73 Å². The topological polar surface area (TPSA) is 236 Å². The minimum atomic E-state index is -1.18. The number of nitrogens with two attached hydrogens (primary N) is 1. The molecule has 1 fully saturated rings. The normalized spacial score (nSPS) is 16.5. The standard InChI is InChI=1S/C46H59N13O7/c1-7-58-34(21-28(3)53-58)42(62)51-44-49-32-23-30(40(47)60)25-36-38(32)56(44)15-9-10-16-57-39-33(50-45(57)52-43(63)35-22-29(4)54-59(35)8-2)24-31(26-37(39)66-19-12-18-65-36)41(61)48-13-11-14-55-17-20-64-27-46(55,5)6/h9-10,21-26,42,62H,7-8,11-20,27H2,1-6H3,(H2,47,60)(H,48,61)(H,49,51)(H,50,52,63)/b10-9+. The number of carbonyl (C=O) groups excluding carboxylic acids is 3. The Balaban J connectivity index is 1.15. The fraction of sp³-hybridized carbons (Fsp3) is 0.457. The summed E-state index contributed by atoms with van der Waals surface area (Å²) in [6, 6.07) is 10.1. The smallest absolute Gasteiger partial charge is 0.276 e. The van der Waals surface area contributed by atoms with Crippen LogP contribution in [0, 0.1) is 13.8 Å². The lowest BCUT2D eigenvalue weighted by atomic mass is 10.0. The summed E-state index contributed by atoms with van der Waals surface area (Å²) in [6.07, 6.45) is 3.80. The van der Waals surface area contributed by atoms with Crippen molar-refractivity contribution in [3.8, 4) is 11.5 Å². The maximum Gasteiger partial charge on any atom is 0.276 e. The van der Waals surface area contributed by atoms with E-state index >= 15 is 0 Å². The highest BCUT2D eigenvalue weighted by Crippen LogP contribution is 2.34. The molecule has 1 saturated heterocycles. The van der Waals surface area contributed by atoms with Crippen LogP contribution in [0.2, 0.25) is 0 Å². The van der Waals surface area contributed by atoms with Gasteiger partial charge in [0.25, 0.3) is 11.8 Å². The fourth-order valence-electron chi connectivity index (χ4n) is 8.55. The van der Waals surface area contributed by atoms with Gasteiger partial charge in [0, 0.05) is 68.9 Å². The number of nitrogens with one attached hydrogen (secondary N) is 3. The molecule has 4 aromatic heterocycles. The van der Waals surface area contributed by atoms with Crippen molar-refractivity contribution in [3.05, 3.63) is 82.5 Å². The highest BCUT2D eigenvalue weighted by molar-refractivity contribution is 6.04. The van der Waals surface area contributed by atoms with Gasteiger partial charge in [0.05, 0.1) is 54.5 Å². The van der Waals surface area contributed by atoms with Gasteiger partial charge in [-0.2, -0.15) is 10.2 Å². The summed E-state index contributed by atoms with van der Waals surface area (Å²) >= 11 is 0. The van der Waals surface area contributed by atoms with Gasteiger partial charge in [0.15, 0.2) is 6.23 Å². The van der Waals surface area contributed by atoms with Crippen LogP contribution in [-0.4, -0.2) is 118 Å². The third-order valence-electron chi connectivity index (χ3n) is 11.9. The number of benzene rings is 2. The summed E-state index contributed by atoms with van der Waals surface area (Å²) in [5, 5.41) is 29.7. The molecule has 0 saturated carbocycles. The molecule has 3 amide bonds. The maximum atomic E-state index is 13.9. The number of carbonyl (C=O) groups is 3. The number of hydrogen-bond donors (Lipinski definition) is 5. The van der Waals surface area contributed by atoms with Gasteiger partial charge < -0.3 is 44.8 Å². The molecule has 350 valence electrons. The van der Waals surface area contributed by atoms with Crippen molar-refractivity contribution in [1.29, 1.82) is 0 Å². The number of morpholine rings is 1. The van der Waals surface area contributed by atoms with Gasteiger partial charge in [-0.25, -0.2) is 9.97 Å². The first-order valence-corrected chi connectivity index (χ1v) is 22.5. The molecule has 66 heavy (non-hydrogen) atoms. The van der Waals surface area contributed by atoms with Crippen LogP contribution in [0.4, 0.5) is 11.9 Å². The number of aryl methyl sites for hydroxylation is 4. The first-order valence-electron chi connectivity index (χ1n) is 22.5. The van der Waals surface area contributed by atoms with E-state index in [0.29, 0.717) is 101 Å². The molecule has 2 aliphatic heterocycles. The molecule has 2 aromatic carbocycles. The third-order valence-corrected chi connectivity index (χ3v) is 11.9. The van der Waals surface area contributed by atoms with Gasteiger partial charge >= 0.3 is 0 Å². The van der Waals surface area contributed by atoms with Gasteiger partial charge in [0.2, 0.25) is 17.8 Å². The van der Waals surface area contributed by atoms with Gasteiger partial charge in [-0.05, 0) is 84.4 Å². The molecule has 1 atom stereocenters. The average Bonchev–Trinajstić information content (AvgIpc) is 4.05. The predicted octanol–water partition coefficient (Wildman–Crippen LogP) is 4.54. The number of primary amides is 1. The first-order chi connectivity index (χ1) is 31.7. The summed E-state index contributed by atoms with van der Waals surface area (Å²) in [5.41, 5.74) is 10.7. The quantitative estimate of drug-likeness (QED) is 0.0609. The molecule has 1 unspecified atom stereocenters. The number of amides is 3. The maximum absolute atomic E-state index is 13.9. The molecule has 6 aromatic rings. The Morgan fingerprint density at radius 1 is 0.818 bits per heavy atom. The molecule has 0 radical (unpaired) electrons. The minimum absolute atomic E-state index is 0.0798. The van der Waals surface area contributed by atoms with Crippen LogP contribution in [0.1, 0.15) is 95.1 Å². The Kier molecular flexibility index (Phi) is 13.4. The molecule has 20 heteroatoms. The molecule has 8 rings (SSSR count). The monoisotopic (exact) mass is 905 g/mol. The molecule has 6 heterocycles. The Bertz CT molecular complexity index is 2800. The van der Waals surface area contributed by atoms with Crippen LogP contribution in [0.25, 0.3) is 22.1 Å². The summed E-state index contributed by atoms with van der Waals surface area (Å²) in [6.45, 7) is 17.2. The number of aromatic nitrogens is 8. The lowest BCUT2D eigenvalue weighted by Gasteiger charge is -2.42. The van der Waals surface area contributed by atoms with Crippen molar-refractivity contribution < 1.29 is 33.7 Å². The molecular formula is C46H59N13O7. The number of aliphatic hydroxyl groups excluding tert-OH is 1. The molecule has 0 aliphatic carbocycles. The molecule has 20 nitrogen and oxygen atoms in total. The van der Waals surface area contributed by atoms with Crippen molar-refractivity contribution in [2.45, 2.75) is 92.3 Å². The molecule has 2 aliphatic rings. The van der Waals surface area contributed by atoms with E-state index in [4.69, 9.17) is 29.9 Å². The summed E-state index contributed by atoms with van der Waals surface area (Å²) in [5.74, 6) is -0.00667. The van der Waals surface area contributed by atoms with Crippen LogP contribution >= 0.6 is 0 Å². The zero-order valence-corrected chi connectivity index (χ0v) is 38.4. The van der Waals surface area contributed by atoms with E-state index in [-0.39, 0.29) is 49.3 Å². The zero-order chi connectivity index (χ0) is 46.7.